The van der Waals surface area contributed by atoms with E-state index in [0.29, 0.717) is 5.92 Å². The van der Waals surface area contributed by atoms with Crippen LogP contribution < -0.4 is 0 Å². The molecule has 1 N–H and O–H groups in total. The SMILES string of the molecule is C=Nc1nc[nH]c1C1C[C@@H]1C. The van der Waals surface area contributed by atoms with E-state index >= 15 is 0 Å². The lowest BCUT2D eigenvalue weighted by Gasteiger charge is -1.92. The molecule has 0 saturated heterocycles. The molecule has 0 spiro atoms. The summed E-state index contributed by atoms with van der Waals surface area (Å²) in [6, 6.07) is 0. The zero-order chi connectivity index (χ0) is 7.84. The summed E-state index contributed by atoms with van der Waals surface area (Å²) >= 11 is 0. The maximum Gasteiger partial charge on any atom is 0.172 e. The van der Waals surface area contributed by atoms with Crippen LogP contribution in [-0.2, 0) is 0 Å². The highest BCUT2D eigenvalue weighted by Gasteiger charge is 2.36. The minimum atomic E-state index is 0.651. The lowest BCUT2D eigenvalue weighted by Crippen LogP contribution is -1.80. The Morgan fingerprint density at radius 3 is 3.09 bits per heavy atom. The molecule has 0 aromatic carbocycles. The van der Waals surface area contributed by atoms with Crippen LogP contribution in [0.3, 0.4) is 0 Å². The first-order valence-electron chi connectivity index (χ1n) is 3.83. The van der Waals surface area contributed by atoms with Gasteiger partial charge in [0.1, 0.15) is 0 Å². The lowest BCUT2D eigenvalue weighted by atomic mass is 10.2. The van der Waals surface area contributed by atoms with Crippen LogP contribution in [0.4, 0.5) is 5.82 Å². The van der Waals surface area contributed by atoms with Crippen molar-refractivity contribution in [2.24, 2.45) is 10.9 Å². The first-order chi connectivity index (χ1) is 5.33. The van der Waals surface area contributed by atoms with Gasteiger partial charge in [0.25, 0.3) is 0 Å². The molecule has 2 rings (SSSR count). The molecule has 0 bridgehead atoms. The molecule has 58 valence electrons. The van der Waals surface area contributed by atoms with Crippen LogP contribution >= 0.6 is 0 Å². The maximum absolute atomic E-state index is 4.05. The van der Waals surface area contributed by atoms with Crippen molar-refractivity contribution < 1.29 is 0 Å². The van der Waals surface area contributed by atoms with Gasteiger partial charge in [-0.25, -0.2) is 9.98 Å². The van der Waals surface area contributed by atoms with Crippen molar-refractivity contribution in [2.75, 3.05) is 0 Å². The van der Waals surface area contributed by atoms with Crippen molar-refractivity contribution in [3.05, 3.63) is 12.0 Å². The molecule has 11 heavy (non-hydrogen) atoms. The van der Waals surface area contributed by atoms with Crippen molar-refractivity contribution in [1.29, 1.82) is 0 Å². The summed E-state index contributed by atoms with van der Waals surface area (Å²) in [4.78, 5) is 11.0. The van der Waals surface area contributed by atoms with Crippen LogP contribution in [-0.4, -0.2) is 16.7 Å². The molecule has 1 aromatic heterocycles. The van der Waals surface area contributed by atoms with Crippen LogP contribution in [0, 0.1) is 5.92 Å². The fourth-order valence-corrected chi connectivity index (χ4v) is 1.42. The number of aromatic amines is 1. The van der Waals surface area contributed by atoms with Crippen LogP contribution in [0.25, 0.3) is 0 Å². The molecule has 1 heterocycles. The number of rotatable bonds is 2. The molecule has 0 aliphatic heterocycles. The summed E-state index contributed by atoms with van der Waals surface area (Å²) in [6.45, 7) is 5.70. The average Bonchev–Trinajstić information content (AvgIpc) is 2.58. The summed E-state index contributed by atoms with van der Waals surface area (Å²) < 4.78 is 0. The molecule has 1 aliphatic carbocycles. The van der Waals surface area contributed by atoms with E-state index in [0.717, 1.165) is 17.4 Å². The molecule has 1 saturated carbocycles. The normalized spacial score (nSPS) is 28.5. The monoisotopic (exact) mass is 149 g/mol. The molecule has 1 aromatic rings. The molecule has 1 unspecified atom stereocenters. The Morgan fingerprint density at radius 2 is 2.55 bits per heavy atom. The molecule has 2 atom stereocenters. The van der Waals surface area contributed by atoms with Gasteiger partial charge >= 0.3 is 0 Å². The standard InChI is InChI=1S/C8H11N3/c1-5-3-6(5)7-8(9-2)11-4-10-7/h4-6H,2-3H2,1H3,(H,10,11)/t5-,6?/m0/s1. The predicted octanol–water partition coefficient (Wildman–Crippen LogP) is 1.87. The summed E-state index contributed by atoms with van der Waals surface area (Å²) in [5.41, 5.74) is 1.16. The van der Waals surface area contributed by atoms with Crippen molar-refractivity contribution in [2.45, 2.75) is 19.3 Å². The van der Waals surface area contributed by atoms with Gasteiger partial charge in [-0.1, -0.05) is 6.92 Å². The van der Waals surface area contributed by atoms with E-state index < -0.39 is 0 Å². The fourth-order valence-electron chi connectivity index (χ4n) is 1.42. The molecular weight excluding hydrogens is 138 g/mol. The van der Waals surface area contributed by atoms with Gasteiger partial charge in [-0.15, -0.1) is 0 Å². The van der Waals surface area contributed by atoms with Crippen LogP contribution in [0.15, 0.2) is 11.3 Å². The number of H-pyrrole nitrogens is 1. The van der Waals surface area contributed by atoms with Gasteiger partial charge in [-0.2, -0.15) is 0 Å². The second kappa shape index (κ2) is 2.19. The van der Waals surface area contributed by atoms with E-state index in [1.165, 1.54) is 6.42 Å². The van der Waals surface area contributed by atoms with Gasteiger partial charge in [-0.05, 0) is 19.1 Å². The number of nitrogens with zero attached hydrogens (tertiary/aromatic N) is 2. The zero-order valence-electron chi connectivity index (χ0n) is 6.54. The van der Waals surface area contributed by atoms with Gasteiger partial charge in [0.15, 0.2) is 5.82 Å². The predicted molar refractivity (Wildman–Crippen MR) is 44.3 cm³/mol. The third kappa shape index (κ3) is 0.964. The van der Waals surface area contributed by atoms with Gasteiger partial charge in [0, 0.05) is 5.92 Å². The number of aliphatic imine (C=N–C) groups is 1. The Bertz CT molecular complexity index is 277. The molecule has 0 radical (unpaired) electrons. The zero-order valence-corrected chi connectivity index (χ0v) is 6.54. The van der Waals surface area contributed by atoms with Crippen LogP contribution in [0.2, 0.25) is 0 Å². The van der Waals surface area contributed by atoms with Crippen molar-refractivity contribution >= 4 is 12.5 Å². The van der Waals surface area contributed by atoms with Gasteiger partial charge in [0.05, 0.1) is 12.0 Å². The summed E-state index contributed by atoms with van der Waals surface area (Å²) in [7, 11) is 0. The first-order valence-corrected chi connectivity index (χ1v) is 3.83. The quantitative estimate of drug-likeness (QED) is 0.641. The Hall–Kier alpha value is -1.12. The average molecular weight is 149 g/mol. The van der Waals surface area contributed by atoms with E-state index in [1.807, 2.05) is 0 Å². The highest BCUT2D eigenvalue weighted by atomic mass is 15.0. The van der Waals surface area contributed by atoms with E-state index in [4.69, 9.17) is 0 Å². The highest BCUT2D eigenvalue weighted by Crippen LogP contribution is 2.48. The minimum absolute atomic E-state index is 0.651. The van der Waals surface area contributed by atoms with Crippen molar-refractivity contribution in [3.8, 4) is 0 Å². The second-order valence-electron chi connectivity index (χ2n) is 3.12. The topological polar surface area (TPSA) is 41.0 Å². The summed E-state index contributed by atoms with van der Waals surface area (Å²) in [6.07, 6.45) is 2.94. The Balaban J connectivity index is 2.29. The molecule has 3 nitrogen and oxygen atoms in total. The Kier molecular flexibility index (Phi) is 1.31. The van der Waals surface area contributed by atoms with Gasteiger partial charge < -0.3 is 4.98 Å². The fraction of sp³-hybridized carbons (Fsp3) is 0.500. The number of nitrogens with one attached hydrogen (secondary N) is 1. The third-order valence-corrected chi connectivity index (χ3v) is 2.28. The minimum Gasteiger partial charge on any atom is -0.346 e. The first kappa shape index (κ1) is 6.58. The number of aromatic nitrogens is 2. The lowest BCUT2D eigenvalue weighted by molar-refractivity contribution is 0.893. The number of hydrogen-bond acceptors (Lipinski definition) is 2. The Labute approximate surface area is 65.6 Å². The Morgan fingerprint density at radius 1 is 1.82 bits per heavy atom. The van der Waals surface area contributed by atoms with E-state index in [9.17, 15) is 0 Å². The largest absolute Gasteiger partial charge is 0.346 e. The molecule has 3 heteroatoms. The van der Waals surface area contributed by atoms with Crippen molar-refractivity contribution in [3.63, 3.8) is 0 Å². The van der Waals surface area contributed by atoms with Crippen LogP contribution in [0.1, 0.15) is 25.0 Å². The van der Waals surface area contributed by atoms with E-state index in [-0.39, 0.29) is 0 Å². The highest BCUT2D eigenvalue weighted by molar-refractivity contribution is 5.45. The number of hydrogen-bond donors (Lipinski definition) is 1. The molecule has 1 aliphatic rings. The summed E-state index contributed by atoms with van der Waals surface area (Å²) in [5, 5.41) is 0. The van der Waals surface area contributed by atoms with E-state index in [1.54, 1.807) is 6.33 Å². The van der Waals surface area contributed by atoms with E-state index in [2.05, 4.69) is 28.6 Å². The molecule has 1 fully saturated rings. The molecular formula is C8H11N3. The maximum atomic E-state index is 4.05. The van der Waals surface area contributed by atoms with Gasteiger partial charge in [0.2, 0.25) is 0 Å². The molecule has 0 amide bonds. The van der Waals surface area contributed by atoms with Gasteiger partial charge in [-0.3, -0.25) is 0 Å². The number of imidazole rings is 1. The van der Waals surface area contributed by atoms with Crippen molar-refractivity contribution in [1.82, 2.24) is 9.97 Å². The second-order valence-corrected chi connectivity index (χ2v) is 3.12. The summed E-state index contributed by atoms with van der Waals surface area (Å²) in [5.74, 6) is 2.22. The smallest absolute Gasteiger partial charge is 0.172 e. The third-order valence-electron chi connectivity index (χ3n) is 2.28. The van der Waals surface area contributed by atoms with Crippen LogP contribution in [0.5, 0.6) is 0 Å².